The molecule has 0 amide bonds. The predicted octanol–water partition coefficient (Wildman–Crippen LogP) is 3.28. The van der Waals surface area contributed by atoms with Gasteiger partial charge in [0.15, 0.2) is 0 Å². The zero-order valence-corrected chi connectivity index (χ0v) is 11.4. The minimum Gasteiger partial charge on any atom is -0.497 e. The third kappa shape index (κ3) is 3.45. The fourth-order valence-corrected chi connectivity index (χ4v) is 1.62. The SMILES string of the molecule is COc1ccc(C(C)=NOC(=O)c2ccccc2)cc1. The average Bonchev–Trinajstić information content (AvgIpc) is 2.53. The van der Waals surface area contributed by atoms with E-state index in [-0.39, 0.29) is 0 Å². The predicted molar refractivity (Wildman–Crippen MR) is 77.1 cm³/mol. The van der Waals surface area contributed by atoms with Crippen molar-refractivity contribution < 1.29 is 14.4 Å². The van der Waals surface area contributed by atoms with Crippen LogP contribution < -0.4 is 4.74 Å². The lowest BCUT2D eigenvalue weighted by Gasteiger charge is -2.03. The molecule has 2 rings (SSSR count). The minimum atomic E-state index is -0.474. The van der Waals surface area contributed by atoms with E-state index in [1.807, 2.05) is 30.3 Å². The fourth-order valence-electron chi connectivity index (χ4n) is 1.62. The Kier molecular flexibility index (Phi) is 4.50. The first kappa shape index (κ1) is 13.8. The van der Waals surface area contributed by atoms with E-state index in [1.54, 1.807) is 38.3 Å². The first-order valence-electron chi connectivity index (χ1n) is 6.16. The molecule has 0 N–H and O–H groups in total. The number of oxime groups is 1. The van der Waals surface area contributed by atoms with Crippen LogP contribution in [-0.4, -0.2) is 18.8 Å². The monoisotopic (exact) mass is 269 g/mol. The highest BCUT2D eigenvalue weighted by molar-refractivity contribution is 5.99. The van der Waals surface area contributed by atoms with Crippen molar-refractivity contribution in [2.75, 3.05) is 7.11 Å². The van der Waals surface area contributed by atoms with Gasteiger partial charge in [-0.1, -0.05) is 23.4 Å². The number of benzene rings is 2. The summed E-state index contributed by atoms with van der Waals surface area (Å²) >= 11 is 0. The van der Waals surface area contributed by atoms with E-state index in [1.165, 1.54) is 0 Å². The second-order valence-corrected chi connectivity index (χ2v) is 4.15. The largest absolute Gasteiger partial charge is 0.497 e. The van der Waals surface area contributed by atoms with Crippen molar-refractivity contribution in [3.8, 4) is 5.75 Å². The molecule has 0 bridgehead atoms. The van der Waals surface area contributed by atoms with Gasteiger partial charge in [-0.2, -0.15) is 0 Å². The van der Waals surface area contributed by atoms with Crippen LogP contribution in [0.5, 0.6) is 5.75 Å². The Labute approximate surface area is 117 Å². The number of rotatable bonds is 4. The summed E-state index contributed by atoms with van der Waals surface area (Å²) in [7, 11) is 1.61. The van der Waals surface area contributed by atoms with Crippen LogP contribution >= 0.6 is 0 Å². The number of nitrogens with zero attached hydrogens (tertiary/aromatic N) is 1. The molecular formula is C16H15NO3. The molecule has 0 saturated heterocycles. The van der Waals surface area contributed by atoms with Gasteiger partial charge in [0.25, 0.3) is 0 Å². The third-order valence-electron chi connectivity index (χ3n) is 2.78. The maximum Gasteiger partial charge on any atom is 0.365 e. The van der Waals surface area contributed by atoms with Crippen LogP contribution in [0.3, 0.4) is 0 Å². The maximum absolute atomic E-state index is 11.7. The molecule has 4 nitrogen and oxygen atoms in total. The van der Waals surface area contributed by atoms with E-state index in [9.17, 15) is 4.79 Å². The molecule has 0 aliphatic heterocycles. The van der Waals surface area contributed by atoms with E-state index < -0.39 is 5.97 Å². The molecule has 102 valence electrons. The van der Waals surface area contributed by atoms with Crippen LogP contribution in [0.15, 0.2) is 59.8 Å². The topological polar surface area (TPSA) is 47.9 Å². The van der Waals surface area contributed by atoms with Crippen LogP contribution in [0.4, 0.5) is 0 Å². The maximum atomic E-state index is 11.7. The van der Waals surface area contributed by atoms with Gasteiger partial charge in [0, 0.05) is 0 Å². The molecule has 0 aliphatic carbocycles. The first-order valence-corrected chi connectivity index (χ1v) is 6.16. The number of carbonyl (C=O) groups is 1. The number of methoxy groups -OCH3 is 1. The van der Waals surface area contributed by atoms with Gasteiger partial charge < -0.3 is 9.57 Å². The molecule has 0 heterocycles. The van der Waals surface area contributed by atoms with Crippen LogP contribution in [0, 0.1) is 0 Å². The van der Waals surface area contributed by atoms with Gasteiger partial charge in [-0.25, -0.2) is 4.79 Å². The average molecular weight is 269 g/mol. The van der Waals surface area contributed by atoms with E-state index in [0.717, 1.165) is 11.3 Å². The summed E-state index contributed by atoms with van der Waals surface area (Å²) in [5.41, 5.74) is 1.96. The van der Waals surface area contributed by atoms with Crippen LogP contribution in [0.2, 0.25) is 0 Å². The van der Waals surface area contributed by atoms with E-state index in [4.69, 9.17) is 9.57 Å². The standard InChI is InChI=1S/C16H15NO3/c1-12(13-8-10-15(19-2)11-9-13)17-20-16(18)14-6-4-3-5-7-14/h3-11H,1-2H3. The molecule has 0 atom stereocenters. The van der Waals surface area contributed by atoms with Crippen molar-refractivity contribution in [1.29, 1.82) is 0 Å². The van der Waals surface area contributed by atoms with Crippen molar-refractivity contribution in [2.45, 2.75) is 6.92 Å². The fraction of sp³-hybridized carbons (Fsp3) is 0.125. The normalized spacial score (nSPS) is 11.0. The molecule has 0 spiro atoms. The quantitative estimate of drug-likeness (QED) is 0.486. The lowest BCUT2D eigenvalue weighted by atomic mass is 10.1. The van der Waals surface area contributed by atoms with Gasteiger partial charge in [0.2, 0.25) is 0 Å². The van der Waals surface area contributed by atoms with Crippen molar-refractivity contribution >= 4 is 11.7 Å². The summed E-state index contributed by atoms with van der Waals surface area (Å²) < 4.78 is 5.08. The summed E-state index contributed by atoms with van der Waals surface area (Å²) in [6, 6.07) is 16.1. The number of ether oxygens (including phenoxy) is 1. The first-order chi connectivity index (χ1) is 9.70. The van der Waals surface area contributed by atoms with Gasteiger partial charge in [-0.05, 0) is 48.9 Å². The van der Waals surface area contributed by atoms with Gasteiger partial charge in [-0.15, -0.1) is 0 Å². The Morgan fingerprint density at radius 3 is 2.20 bits per heavy atom. The molecule has 20 heavy (non-hydrogen) atoms. The molecule has 2 aromatic carbocycles. The van der Waals surface area contributed by atoms with Crippen LogP contribution in [0.1, 0.15) is 22.8 Å². The molecule has 4 heteroatoms. The second kappa shape index (κ2) is 6.52. The van der Waals surface area contributed by atoms with Crippen LogP contribution in [0.25, 0.3) is 0 Å². The van der Waals surface area contributed by atoms with E-state index in [2.05, 4.69) is 5.16 Å². The highest BCUT2D eigenvalue weighted by atomic mass is 16.7. The number of hydrogen-bond donors (Lipinski definition) is 0. The highest BCUT2D eigenvalue weighted by Gasteiger charge is 2.06. The highest BCUT2D eigenvalue weighted by Crippen LogP contribution is 2.12. The van der Waals surface area contributed by atoms with Gasteiger partial charge in [-0.3, -0.25) is 0 Å². The lowest BCUT2D eigenvalue weighted by molar-refractivity contribution is 0.0516. The van der Waals surface area contributed by atoms with E-state index >= 15 is 0 Å². The Morgan fingerprint density at radius 1 is 0.950 bits per heavy atom. The summed E-state index contributed by atoms with van der Waals surface area (Å²) in [6.07, 6.45) is 0. The Hall–Kier alpha value is -2.62. The number of hydrogen-bond acceptors (Lipinski definition) is 4. The molecule has 0 saturated carbocycles. The third-order valence-corrected chi connectivity index (χ3v) is 2.78. The van der Waals surface area contributed by atoms with Gasteiger partial charge in [0.1, 0.15) is 5.75 Å². The summed E-state index contributed by atoms with van der Waals surface area (Å²) in [5.74, 6) is 0.293. The molecule has 0 aliphatic rings. The molecule has 0 radical (unpaired) electrons. The van der Waals surface area contributed by atoms with Crippen molar-refractivity contribution in [2.24, 2.45) is 5.16 Å². The zero-order valence-electron chi connectivity index (χ0n) is 11.4. The van der Waals surface area contributed by atoms with Crippen LogP contribution in [-0.2, 0) is 4.84 Å². The summed E-state index contributed by atoms with van der Waals surface area (Å²) in [4.78, 5) is 16.7. The molecule has 0 unspecified atom stereocenters. The van der Waals surface area contributed by atoms with Gasteiger partial charge in [0.05, 0.1) is 18.4 Å². The zero-order chi connectivity index (χ0) is 14.4. The number of carbonyl (C=O) groups excluding carboxylic acids is 1. The Bertz CT molecular complexity index is 603. The van der Waals surface area contributed by atoms with Crippen molar-refractivity contribution in [3.05, 3.63) is 65.7 Å². The van der Waals surface area contributed by atoms with E-state index in [0.29, 0.717) is 11.3 Å². The Morgan fingerprint density at radius 2 is 1.60 bits per heavy atom. The second-order valence-electron chi connectivity index (χ2n) is 4.15. The molecule has 0 fully saturated rings. The van der Waals surface area contributed by atoms with Gasteiger partial charge >= 0.3 is 5.97 Å². The van der Waals surface area contributed by atoms with Crippen molar-refractivity contribution in [1.82, 2.24) is 0 Å². The Balaban J connectivity index is 2.05. The molecule has 2 aromatic rings. The summed E-state index contributed by atoms with van der Waals surface area (Å²) in [6.45, 7) is 1.78. The van der Waals surface area contributed by atoms with Crippen molar-refractivity contribution in [3.63, 3.8) is 0 Å². The molecule has 0 aromatic heterocycles. The minimum absolute atomic E-state index is 0.471. The summed E-state index contributed by atoms with van der Waals surface area (Å²) in [5, 5.41) is 3.85. The molecular weight excluding hydrogens is 254 g/mol. The lowest BCUT2D eigenvalue weighted by Crippen LogP contribution is -2.03. The smallest absolute Gasteiger partial charge is 0.365 e.